The maximum atomic E-state index is 4.24. The van der Waals surface area contributed by atoms with Gasteiger partial charge in [-0.15, -0.1) is 11.3 Å². The molecule has 178 valence electrons. The summed E-state index contributed by atoms with van der Waals surface area (Å²) in [6, 6.07) is 23.9. The molecule has 0 bridgehead atoms. The van der Waals surface area contributed by atoms with Crippen LogP contribution >= 0.6 is 11.3 Å². The summed E-state index contributed by atoms with van der Waals surface area (Å²) < 4.78 is 2.50. The molecule has 0 spiro atoms. The SMILES string of the molecule is C=C/C(=C\C=C/C)c1ccc2sc3c4[nH]c5ccc(-c6ccccc6)cc5c4c(C=C)c(C=C)c3c2c1. The molecular weight excluding hydrogens is 466 g/mol. The third kappa shape index (κ3) is 3.61. The predicted octanol–water partition coefficient (Wildman–Crippen LogP) is 10.8. The highest BCUT2D eigenvalue weighted by Crippen LogP contribution is 2.46. The Kier molecular flexibility index (Phi) is 5.75. The Bertz CT molecular complexity index is 1920. The quantitative estimate of drug-likeness (QED) is 0.222. The maximum absolute atomic E-state index is 4.24. The molecule has 0 aliphatic rings. The molecule has 0 aliphatic heterocycles. The summed E-state index contributed by atoms with van der Waals surface area (Å²) in [5.74, 6) is 0. The van der Waals surface area contributed by atoms with Gasteiger partial charge in [0.15, 0.2) is 0 Å². The van der Waals surface area contributed by atoms with Crippen LogP contribution in [0.15, 0.2) is 111 Å². The van der Waals surface area contributed by atoms with Gasteiger partial charge in [-0.25, -0.2) is 0 Å². The van der Waals surface area contributed by atoms with Crippen molar-refractivity contribution in [1.82, 2.24) is 4.98 Å². The summed E-state index contributed by atoms with van der Waals surface area (Å²) in [5, 5.41) is 4.87. The van der Waals surface area contributed by atoms with Gasteiger partial charge < -0.3 is 4.98 Å². The van der Waals surface area contributed by atoms with Crippen molar-refractivity contribution in [3.63, 3.8) is 0 Å². The van der Waals surface area contributed by atoms with Crippen LogP contribution in [-0.4, -0.2) is 4.98 Å². The van der Waals surface area contributed by atoms with Gasteiger partial charge >= 0.3 is 0 Å². The van der Waals surface area contributed by atoms with Gasteiger partial charge in [0.1, 0.15) is 0 Å². The molecule has 0 saturated heterocycles. The lowest BCUT2D eigenvalue weighted by molar-refractivity contribution is 1.56. The lowest BCUT2D eigenvalue weighted by Crippen LogP contribution is -1.86. The molecule has 1 nitrogen and oxygen atoms in total. The van der Waals surface area contributed by atoms with E-state index in [9.17, 15) is 0 Å². The Morgan fingerprint density at radius 3 is 2.32 bits per heavy atom. The number of hydrogen-bond acceptors (Lipinski definition) is 1. The van der Waals surface area contributed by atoms with Gasteiger partial charge in [0.05, 0.1) is 10.2 Å². The van der Waals surface area contributed by atoms with Crippen LogP contribution < -0.4 is 0 Å². The largest absolute Gasteiger partial charge is 0.353 e. The molecule has 0 fully saturated rings. The van der Waals surface area contributed by atoms with Crippen LogP contribution in [0.5, 0.6) is 0 Å². The smallest absolute Gasteiger partial charge is 0.0653 e. The van der Waals surface area contributed by atoms with E-state index in [1.165, 1.54) is 42.1 Å². The van der Waals surface area contributed by atoms with E-state index in [1.807, 2.05) is 42.6 Å². The topological polar surface area (TPSA) is 15.8 Å². The number of thiophene rings is 1. The van der Waals surface area contributed by atoms with Crippen molar-refractivity contribution in [3.05, 3.63) is 127 Å². The highest BCUT2D eigenvalue weighted by molar-refractivity contribution is 7.26. The van der Waals surface area contributed by atoms with Gasteiger partial charge in [0.2, 0.25) is 0 Å². The fourth-order valence-corrected chi connectivity index (χ4v) is 6.55. The third-order valence-corrected chi connectivity index (χ3v) is 8.27. The first-order chi connectivity index (χ1) is 18.2. The highest BCUT2D eigenvalue weighted by atomic mass is 32.1. The van der Waals surface area contributed by atoms with Gasteiger partial charge in [0, 0.05) is 31.8 Å². The molecule has 37 heavy (non-hydrogen) atoms. The minimum atomic E-state index is 1.10. The molecule has 0 radical (unpaired) electrons. The van der Waals surface area contributed by atoms with E-state index in [0.717, 1.165) is 33.3 Å². The second-order valence-electron chi connectivity index (χ2n) is 9.11. The van der Waals surface area contributed by atoms with Crippen molar-refractivity contribution in [2.75, 3.05) is 0 Å². The lowest BCUT2D eigenvalue weighted by Gasteiger charge is -2.09. The van der Waals surface area contributed by atoms with E-state index < -0.39 is 0 Å². The van der Waals surface area contributed by atoms with E-state index in [1.54, 1.807) is 0 Å². The minimum absolute atomic E-state index is 1.10. The fourth-order valence-electron chi connectivity index (χ4n) is 5.35. The number of rotatable bonds is 6. The van der Waals surface area contributed by atoms with Crippen molar-refractivity contribution in [2.45, 2.75) is 6.92 Å². The van der Waals surface area contributed by atoms with Crippen LogP contribution in [-0.2, 0) is 0 Å². The number of allylic oxidation sites excluding steroid dienone is 5. The molecule has 0 amide bonds. The molecule has 2 aromatic heterocycles. The summed E-state index contributed by atoms with van der Waals surface area (Å²) in [6.45, 7) is 14.5. The number of hydrogen-bond donors (Lipinski definition) is 1. The summed E-state index contributed by atoms with van der Waals surface area (Å²) in [4.78, 5) is 3.75. The lowest BCUT2D eigenvalue weighted by atomic mass is 9.93. The van der Waals surface area contributed by atoms with Crippen LogP contribution in [0.4, 0.5) is 0 Å². The zero-order valence-electron chi connectivity index (χ0n) is 20.8. The van der Waals surface area contributed by atoms with Crippen molar-refractivity contribution in [2.24, 2.45) is 0 Å². The Labute approximate surface area is 221 Å². The molecule has 4 aromatic carbocycles. The Balaban J connectivity index is 1.72. The van der Waals surface area contributed by atoms with Gasteiger partial charge in [-0.2, -0.15) is 0 Å². The van der Waals surface area contributed by atoms with Crippen molar-refractivity contribution in [3.8, 4) is 11.1 Å². The van der Waals surface area contributed by atoms with Crippen molar-refractivity contribution < 1.29 is 0 Å². The molecule has 6 rings (SSSR count). The zero-order valence-corrected chi connectivity index (χ0v) is 21.7. The first-order valence-corrected chi connectivity index (χ1v) is 13.2. The predicted molar refractivity (Wildman–Crippen MR) is 167 cm³/mol. The Hall–Kier alpha value is -4.40. The fraction of sp³-hybridized carbons (Fsp3) is 0.0286. The Morgan fingerprint density at radius 1 is 0.811 bits per heavy atom. The average molecular weight is 494 g/mol. The Morgan fingerprint density at radius 2 is 1.59 bits per heavy atom. The molecule has 6 aromatic rings. The van der Waals surface area contributed by atoms with Gasteiger partial charge in [0.25, 0.3) is 0 Å². The first-order valence-electron chi connectivity index (χ1n) is 12.4. The number of aromatic nitrogens is 1. The second kappa shape index (κ2) is 9.24. The highest BCUT2D eigenvalue weighted by Gasteiger charge is 2.20. The summed E-state index contributed by atoms with van der Waals surface area (Å²) in [6.07, 6.45) is 12.1. The number of nitrogens with one attached hydrogen (secondary N) is 1. The summed E-state index contributed by atoms with van der Waals surface area (Å²) in [5.41, 5.74) is 9.20. The molecule has 0 unspecified atom stereocenters. The van der Waals surface area contributed by atoms with E-state index in [0.29, 0.717) is 0 Å². The second-order valence-corrected chi connectivity index (χ2v) is 10.2. The normalized spacial score (nSPS) is 12.3. The van der Waals surface area contributed by atoms with E-state index in [4.69, 9.17) is 0 Å². The van der Waals surface area contributed by atoms with Gasteiger partial charge in [-0.05, 0) is 64.6 Å². The van der Waals surface area contributed by atoms with Crippen LogP contribution in [0.25, 0.3) is 70.8 Å². The monoisotopic (exact) mass is 493 g/mol. The third-order valence-electron chi connectivity index (χ3n) is 7.08. The number of H-pyrrole nitrogens is 1. The molecule has 2 heteroatoms. The van der Waals surface area contributed by atoms with E-state index in [2.05, 4.69) is 104 Å². The maximum Gasteiger partial charge on any atom is 0.0653 e. The van der Waals surface area contributed by atoms with E-state index in [-0.39, 0.29) is 0 Å². The van der Waals surface area contributed by atoms with Crippen molar-refractivity contribution >= 4 is 71.0 Å². The van der Waals surface area contributed by atoms with Crippen LogP contribution in [0.1, 0.15) is 23.6 Å². The van der Waals surface area contributed by atoms with Crippen LogP contribution in [0.3, 0.4) is 0 Å². The molecule has 1 N–H and O–H groups in total. The molecule has 0 aliphatic carbocycles. The number of fused-ring (bicyclic) bond motifs is 7. The molecule has 0 saturated carbocycles. The first kappa shape index (κ1) is 23.0. The molecule has 0 atom stereocenters. The number of aromatic amines is 1. The zero-order chi connectivity index (χ0) is 25.5. The van der Waals surface area contributed by atoms with Crippen LogP contribution in [0, 0.1) is 0 Å². The van der Waals surface area contributed by atoms with Gasteiger partial charge in [-0.3, -0.25) is 0 Å². The standard InChI is InChI=1S/C35H27NS/c1-5-9-13-22(6-2)24-17-19-31-29(21-24)33-27(8-4)26(7-3)32-28-20-25(23-14-11-10-12-15-23)16-18-30(28)36-34(32)35(33)37-31/h5-21,36H,2-4H2,1H3/b9-5-,22-13+. The minimum Gasteiger partial charge on any atom is -0.353 e. The summed E-state index contributed by atoms with van der Waals surface area (Å²) in [7, 11) is 0. The summed E-state index contributed by atoms with van der Waals surface area (Å²) >= 11 is 1.83. The van der Waals surface area contributed by atoms with Crippen molar-refractivity contribution in [1.29, 1.82) is 0 Å². The number of benzene rings is 4. The molecule has 2 heterocycles. The average Bonchev–Trinajstić information content (AvgIpc) is 3.51. The van der Waals surface area contributed by atoms with E-state index >= 15 is 0 Å². The van der Waals surface area contributed by atoms with Crippen LogP contribution in [0.2, 0.25) is 0 Å². The molecular formula is C35H27NS. The van der Waals surface area contributed by atoms with Gasteiger partial charge in [-0.1, -0.05) is 98.7 Å².